The summed E-state index contributed by atoms with van der Waals surface area (Å²) in [6.45, 7) is 3.10. The Morgan fingerprint density at radius 3 is 2.76 bits per heavy atom. The zero-order chi connectivity index (χ0) is 17.4. The highest BCUT2D eigenvalue weighted by molar-refractivity contribution is 6.31. The highest BCUT2D eigenvalue weighted by atomic mass is 35.5. The molecule has 1 aliphatic rings. The second-order valence-electron chi connectivity index (χ2n) is 5.87. The third kappa shape index (κ3) is 3.13. The number of carbonyl (C=O) groups is 1. The molecule has 0 unspecified atom stereocenters. The Kier molecular flexibility index (Phi) is 3.97. The number of fused-ring (bicyclic) bond motifs is 2. The zero-order valence-corrected chi connectivity index (χ0v) is 14.3. The first-order chi connectivity index (χ1) is 12.1. The molecule has 0 spiro atoms. The molecule has 0 bridgehead atoms. The van der Waals surface area contributed by atoms with Crippen LogP contribution in [0.5, 0.6) is 11.5 Å². The van der Waals surface area contributed by atoms with Crippen LogP contribution in [0.1, 0.15) is 5.56 Å². The number of nitrogens with zero attached hydrogens (tertiary/aromatic N) is 2. The number of ether oxygens (including phenoxy) is 2. The normalized spacial score (nSPS) is 13.0. The minimum absolute atomic E-state index is 0.141. The first-order valence-electron chi connectivity index (χ1n) is 7.90. The number of hydrogen-bond donors (Lipinski definition) is 1. The smallest absolute Gasteiger partial charge is 0.244 e. The molecule has 1 N–H and O–H groups in total. The van der Waals surface area contributed by atoms with E-state index in [0.717, 1.165) is 16.6 Å². The Morgan fingerprint density at radius 2 is 2.00 bits per heavy atom. The minimum Gasteiger partial charge on any atom is -0.486 e. The van der Waals surface area contributed by atoms with Crippen molar-refractivity contribution in [3.8, 4) is 11.5 Å². The SMILES string of the molecule is Cc1ccc(NC(=O)Cn2cnc3cc4c(cc32)OCCO4)cc1Cl. The van der Waals surface area contributed by atoms with Crippen molar-refractivity contribution in [3.05, 3.63) is 47.2 Å². The van der Waals surface area contributed by atoms with E-state index in [-0.39, 0.29) is 12.5 Å². The average Bonchev–Trinajstić information content (AvgIpc) is 2.98. The fourth-order valence-electron chi connectivity index (χ4n) is 2.75. The molecular weight excluding hydrogens is 342 g/mol. The molecule has 1 aliphatic heterocycles. The number of imidazole rings is 1. The maximum absolute atomic E-state index is 12.3. The third-order valence-electron chi connectivity index (χ3n) is 4.05. The third-order valence-corrected chi connectivity index (χ3v) is 4.46. The standard InChI is InChI=1S/C18H16ClN3O3/c1-11-2-3-12(6-13(11)19)21-18(23)9-22-10-20-14-7-16-17(8-15(14)22)25-5-4-24-16/h2-3,6-8,10H,4-5,9H2,1H3,(H,21,23). The molecule has 1 amide bonds. The van der Waals surface area contributed by atoms with Crippen molar-refractivity contribution in [2.24, 2.45) is 0 Å². The van der Waals surface area contributed by atoms with Gasteiger partial charge in [0.25, 0.3) is 0 Å². The number of anilines is 1. The molecule has 3 aromatic rings. The van der Waals surface area contributed by atoms with E-state index in [0.29, 0.717) is 35.4 Å². The molecule has 0 saturated heterocycles. The lowest BCUT2D eigenvalue weighted by Crippen LogP contribution is -2.18. The Balaban J connectivity index is 1.55. The monoisotopic (exact) mass is 357 g/mol. The summed E-state index contributed by atoms with van der Waals surface area (Å²) in [6, 6.07) is 9.12. The maximum atomic E-state index is 12.3. The number of aromatic nitrogens is 2. The van der Waals surface area contributed by atoms with Crippen molar-refractivity contribution in [2.75, 3.05) is 18.5 Å². The minimum atomic E-state index is -0.158. The van der Waals surface area contributed by atoms with Gasteiger partial charge in [0.2, 0.25) is 5.91 Å². The molecule has 25 heavy (non-hydrogen) atoms. The Hall–Kier alpha value is -2.73. The van der Waals surface area contributed by atoms with Crippen LogP contribution in [-0.2, 0) is 11.3 Å². The van der Waals surface area contributed by atoms with Gasteiger partial charge in [0.1, 0.15) is 19.8 Å². The number of amides is 1. The van der Waals surface area contributed by atoms with Gasteiger partial charge < -0.3 is 19.4 Å². The molecule has 0 atom stereocenters. The van der Waals surface area contributed by atoms with E-state index in [1.54, 1.807) is 17.0 Å². The molecule has 2 heterocycles. The fourth-order valence-corrected chi connectivity index (χ4v) is 2.93. The van der Waals surface area contributed by atoms with Gasteiger partial charge in [0.05, 0.1) is 17.4 Å². The Morgan fingerprint density at radius 1 is 1.24 bits per heavy atom. The average molecular weight is 358 g/mol. The number of halogens is 1. The number of carbonyl (C=O) groups excluding carboxylic acids is 1. The van der Waals surface area contributed by atoms with E-state index in [1.807, 2.05) is 31.2 Å². The second kappa shape index (κ2) is 6.29. The van der Waals surface area contributed by atoms with Crippen molar-refractivity contribution in [2.45, 2.75) is 13.5 Å². The summed E-state index contributed by atoms with van der Waals surface area (Å²) in [5.41, 5.74) is 3.21. The number of benzene rings is 2. The van der Waals surface area contributed by atoms with E-state index in [4.69, 9.17) is 21.1 Å². The summed E-state index contributed by atoms with van der Waals surface area (Å²) in [6.07, 6.45) is 1.64. The Labute approximate surface area is 149 Å². The Bertz CT molecular complexity index is 968. The van der Waals surface area contributed by atoms with Gasteiger partial charge in [-0.3, -0.25) is 4.79 Å². The number of nitrogens with one attached hydrogen (secondary N) is 1. The molecule has 0 saturated carbocycles. The fraction of sp³-hybridized carbons (Fsp3) is 0.222. The highest BCUT2D eigenvalue weighted by Gasteiger charge is 2.16. The van der Waals surface area contributed by atoms with E-state index in [1.165, 1.54) is 0 Å². The van der Waals surface area contributed by atoms with Crippen LogP contribution in [0.3, 0.4) is 0 Å². The van der Waals surface area contributed by atoms with E-state index < -0.39 is 0 Å². The first-order valence-corrected chi connectivity index (χ1v) is 8.28. The molecule has 7 heteroatoms. The van der Waals surface area contributed by atoms with Crippen molar-refractivity contribution in [1.82, 2.24) is 9.55 Å². The molecule has 4 rings (SSSR count). The summed E-state index contributed by atoms with van der Waals surface area (Å²) in [7, 11) is 0. The van der Waals surface area contributed by atoms with Gasteiger partial charge in [-0.25, -0.2) is 4.98 Å². The molecule has 0 aliphatic carbocycles. The number of rotatable bonds is 3. The highest BCUT2D eigenvalue weighted by Crippen LogP contribution is 2.34. The van der Waals surface area contributed by atoms with Crippen molar-refractivity contribution in [3.63, 3.8) is 0 Å². The van der Waals surface area contributed by atoms with Crippen molar-refractivity contribution >= 4 is 34.2 Å². The van der Waals surface area contributed by atoms with E-state index in [9.17, 15) is 4.79 Å². The second-order valence-corrected chi connectivity index (χ2v) is 6.28. The van der Waals surface area contributed by atoms with Gasteiger partial charge in [-0.15, -0.1) is 0 Å². The predicted molar refractivity (Wildman–Crippen MR) is 95.5 cm³/mol. The maximum Gasteiger partial charge on any atom is 0.244 e. The van der Waals surface area contributed by atoms with Crippen LogP contribution in [0.4, 0.5) is 5.69 Å². The molecule has 128 valence electrons. The van der Waals surface area contributed by atoms with Crippen LogP contribution in [0.25, 0.3) is 11.0 Å². The molecule has 0 fully saturated rings. The summed E-state index contributed by atoms with van der Waals surface area (Å²) < 4.78 is 12.9. The van der Waals surface area contributed by atoms with E-state index >= 15 is 0 Å². The zero-order valence-electron chi connectivity index (χ0n) is 13.6. The molecule has 6 nitrogen and oxygen atoms in total. The quantitative estimate of drug-likeness (QED) is 0.780. The van der Waals surface area contributed by atoms with Crippen molar-refractivity contribution in [1.29, 1.82) is 0 Å². The predicted octanol–water partition coefficient (Wildman–Crippen LogP) is 3.41. The lowest BCUT2D eigenvalue weighted by Gasteiger charge is -2.18. The van der Waals surface area contributed by atoms with Crippen LogP contribution in [0, 0.1) is 6.92 Å². The summed E-state index contributed by atoms with van der Waals surface area (Å²) in [4.78, 5) is 16.7. The van der Waals surface area contributed by atoms with Crippen LogP contribution in [0.2, 0.25) is 5.02 Å². The van der Waals surface area contributed by atoms with Gasteiger partial charge in [0.15, 0.2) is 11.5 Å². The summed E-state index contributed by atoms with van der Waals surface area (Å²) in [5.74, 6) is 1.20. The number of aryl methyl sites for hydroxylation is 1. The van der Waals surface area contributed by atoms with Crippen LogP contribution >= 0.6 is 11.6 Å². The summed E-state index contributed by atoms with van der Waals surface area (Å²) >= 11 is 6.09. The first kappa shape index (κ1) is 15.8. The van der Waals surface area contributed by atoms with Crippen LogP contribution in [-0.4, -0.2) is 28.7 Å². The largest absolute Gasteiger partial charge is 0.486 e. The van der Waals surface area contributed by atoms with Gasteiger partial charge in [-0.1, -0.05) is 17.7 Å². The lowest BCUT2D eigenvalue weighted by atomic mass is 10.2. The number of hydrogen-bond acceptors (Lipinski definition) is 4. The molecule has 0 radical (unpaired) electrons. The van der Waals surface area contributed by atoms with Crippen LogP contribution in [0.15, 0.2) is 36.7 Å². The molecular formula is C18H16ClN3O3. The lowest BCUT2D eigenvalue weighted by molar-refractivity contribution is -0.116. The van der Waals surface area contributed by atoms with Gasteiger partial charge >= 0.3 is 0 Å². The molecule has 1 aromatic heterocycles. The summed E-state index contributed by atoms with van der Waals surface area (Å²) in [5, 5.41) is 3.47. The van der Waals surface area contributed by atoms with Crippen molar-refractivity contribution < 1.29 is 14.3 Å². The van der Waals surface area contributed by atoms with Gasteiger partial charge in [0, 0.05) is 22.8 Å². The van der Waals surface area contributed by atoms with Gasteiger partial charge in [-0.05, 0) is 24.6 Å². The van der Waals surface area contributed by atoms with E-state index in [2.05, 4.69) is 10.3 Å². The van der Waals surface area contributed by atoms with Gasteiger partial charge in [-0.2, -0.15) is 0 Å². The topological polar surface area (TPSA) is 65.4 Å². The molecule has 2 aromatic carbocycles. The van der Waals surface area contributed by atoms with Crippen LogP contribution < -0.4 is 14.8 Å².